The summed E-state index contributed by atoms with van der Waals surface area (Å²) in [6.45, 7) is 6.86. The van der Waals surface area contributed by atoms with Crippen LogP contribution in [0.25, 0.3) is 0 Å². The summed E-state index contributed by atoms with van der Waals surface area (Å²) >= 11 is 0. The van der Waals surface area contributed by atoms with E-state index in [1.165, 1.54) is 6.07 Å². The first-order valence-corrected chi connectivity index (χ1v) is 12.0. The first-order chi connectivity index (χ1) is 14.8. The van der Waals surface area contributed by atoms with E-state index in [4.69, 9.17) is 4.74 Å². The lowest BCUT2D eigenvalue weighted by Gasteiger charge is -2.19. The van der Waals surface area contributed by atoms with Gasteiger partial charge in [0.05, 0.1) is 11.5 Å². The standard InChI is InChI=1S/C23H29N3O4S/c1-4-17(3)21(25-22-19-11-5-6-12-20(19)31(28,29)26-22)23(27)24-13-8-14-30-18-10-7-9-16(2)15-18/h5-7,9-12,15,17,21H,4,8,13-14H2,1-3H3,(H,24,27)(H,25,26)/t17-,21-/m0/s1. The predicted octanol–water partition coefficient (Wildman–Crippen LogP) is 3.03. The van der Waals surface area contributed by atoms with Gasteiger partial charge in [-0.1, -0.05) is 44.5 Å². The minimum absolute atomic E-state index is 0.0479. The Labute approximate surface area is 184 Å². The van der Waals surface area contributed by atoms with Gasteiger partial charge in [-0.05, 0) is 49.1 Å². The van der Waals surface area contributed by atoms with Crippen LogP contribution < -0.4 is 14.8 Å². The highest BCUT2D eigenvalue weighted by atomic mass is 32.2. The molecular formula is C23H29N3O4S. The number of fused-ring (bicyclic) bond motifs is 1. The molecule has 7 nitrogen and oxygen atoms in total. The zero-order valence-electron chi connectivity index (χ0n) is 18.1. The quantitative estimate of drug-likeness (QED) is 0.582. The van der Waals surface area contributed by atoms with E-state index in [2.05, 4.69) is 15.0 Å². The number of hydrogen-bond donors (Lipinski definition) is 2. The van der Waals surface area contributed by atoms with Crippen LogP contribution in [0.3, 0.4) is 0 Å². The average Bonchev–Trinajstić information content (AvgIpc) is 3.01. The van der Waals surface area contributed by atoms with Crippen molar-refractivity contribution in [1.82, 2.24) is 10.0 Å². The summed E-state index contributed by atoms with van der Waals surface area (Å²) in [5.74, 6) is 0.760. The fourth-order valence-corrected chi connectivity index (χ4v) is 4.56. The van der Waals surface area contributed by atoms with Gasteiger partial charge >= 0.3 is 0 Å². The average molecular weight is 444 g/mol. The Morgan fingerprint density at radius 3 is 2.71 bits per heavy atom. The molecular weight excluding hydrogens is 414 g/mol. The number of rotatable bonds is 9. The molecule has 1 aliphatic rings. The van der Waals surface area contributed by atoms with Gasteiger partial charge in [0, 0.05) is 12.1 Å². The van der Waals surface area contributed by atoms with Gasteiger partial charge in [-0.25, -0.2) is 8.42 Å². The van der Waals surface area contributed by atoms with Gasteiger partial charge < -0.3 is 10.1 Å². The van der Waals surface area contributed by atoms with Crippen molar-refractivity contribution < 1.29 is 17.9 Å². The molecule has 0 radical (unpaired) electrons. The van der Waals surface area contributed by atoms with E-state index in [1.807, 2.05) is 45.0 Å². The maximum atomic E-state index is 12.8. The molecule has 1 aliphatic heterocycles. The van der Waals surface area contributed by atoms with Gasteiger partial charge in [-0.2, -0.15) is 0 Å². The van der Waals surface area contributed by atoms with Crippen molar-refractivity contribution >= 4 is 21.8 Å². The number of carbonyl (C=O) groups excluding carboxylic acids is 1. The Morgan fingerprint density at radius 1 is 1.19 bits per heavy atom. The number of sulfonamides is 1. The maximum Gasteiger partial charge on any atom is 0.263 e. The van der Waals surface area contributed by atoms with Gasteiger partial charge in [-0.15, -0.1) is 0 Å². The first-order valence-electron chi connectivity index (χ1n) is 10.5. The molecule has 2 aromatic carbocycles. The third-order valence-electron chi connectivity index (χ3n) is 5.26. The molecule has 3 rings (SSSR count). The molecule has 2 aromatic rings. The number of aryl methyl sites for hydroxylation is 1. The maximum absolute atomic E-state index is 12.8. The smallest absolute Gasteiger partial charge is 0.263 e. The highest BCUT2D eigenvalue weighted by Crippen LogP contribution is 2.24. The fourth-order valence-electron chi connectivity index (χ4n) is 3.32. The minimum atomic E-state index is -3.64. The van der Waals surface area contributed by atoms with E-state index >= 15 is 0 Å². The summed E-state index contributed by atoms with van der Waals surface area (Å²) in [6.07, 6.45) is 1.39. The van der Waals surface area contributed by atoms with Crippen LogP contribution in [0.15, 0.2) is 58.4 Å². The van der Waals surface area contributed by atoms with Gasteiger partial charge in [0.1, 0.15) is 17.6 Å². The Balaban J connectivity index is 1.62. The largest absolute Gasteiger partial charge is 0.494 e. The summed E-state index contributed by atoms with van der Waals surface area (Å²) in [7, 11) is -3.64. The van der Waals surface area contributed by atoms with Gasteiger partial charge in [0.15, 0.2) is 0 Å². The normalized spacial score (nSPS) is 17.5. The Hall–Kier alpha value is -2.87. The summed E-state index contributed by atoms with van der Waals surface area (Å²) in [5, 5.41) is 2.91. The molecule has 0 fully saturated rings. The molecule has 0 unspecified atom stereocenters. The molecule has 0 aromatic heterocycles. The molecule has 0 spiro atoms. The molecule has 1 amide bonds. The monoisotopic (exact) mass is 443 g/mol. The second-order valence-corrected chi connectivity index (χ2v) is 9.37. The van der Waals surface area contributed by atoms with Crippen LogP contribution >= 0.6 is 0 Å². The number of carbonyl (C=O) groups is 1. The molecule has 2 N–H and O–H groups in total. The third-order valence-corrected chi connectivity index (χ3v) is 6.66. The van der Waals surface area contributed by atoms with Gasteiger partial charge in [-0.3, -0.25) is 14.5 Å². The van der Waals surface area contributed by atoms with Crippen LogP contribution in [0.2, 0.25) is 0 Å². The zero-order valence-corrected chi connectivity index (χ0v) is 18.9. The van der Waals surface area contributed by atoms with Crippen molar-refractivity contribution in [2.75, 3.05) is 13.2 Å². The van der Waals surface area contributed by atoms with Crippen LogP contribution in [-0.4, -0.2) is 39.4 Å². The number of nitrogens with one attached hydrogen (secondary N) is 2. The van der Waals surface area contributed by atoms with Crippen LogP contribution in [-0.2, 0) is 14.8 Å². The second-order valence-electron chi connectivity index (χ2n) is 7.72. The van der Waals surface area contributed by atoms with Crippen LogP contribution in [0.5, 0.6) is 5.75 Å². The van der Waals surface area contributed by atoms with Crippen molar-refractivity contribution in [3.63, 3.8) is 0 Å². The summed E-state index contributed by atoms with van der Waals surface area (Å²) < 4.78 is 32.9. The predicted molar refractivity (Wildman–Crippen MR) is 121 cm³/mol. The van der Waals surface area contributed by atoms with E-state index < -0.39 is 16.1 Å². The number of amidine groups is 1. The van der Waals surface area contributed by atoms with E-state index in [1.54, 1.807) is 18.2 Å². The van der Waals surface area contributed by atoms with Crippen LogP contribution in [0.4, 0.5) is 0 Å². The highest BCUT2D eigenvalue weighted by molar-refractivity contribution is 7.90. The molecule has 166 valence electrons. The first kappa shape index (κ1) is 22.8. The van der Waals surface area contributed by atoms with Crippen LogP contribution in [0, 0.1) is 12.8 Å². The molecule has 8 heteroatoms. The topological polar surface area (TPSA) is 96.9 Å². The molecule has 31 heavy (non-hydrogen) atoms. The van der Waals surface area contributed by atoms with Gasteiger partial charge in [0.25, 0.3) is 10.0 Å². The highest BCUT2D eigenvalue weighted by Gasteiger charge is 2.32. The lowest BCUT2D eigenvalue weighted by molar-refractivity contribution is -0.123. The Morgan fingerprint density at radius 2 is 1.97 bits per heavy atom. The van der Waals surface area contributed by atoms with E-state index in [0.29, 0.717) is 25.1 Å². The van der Waals surface area contributed by atoms with E-state index in [-0.39, 0.29) is 22.6 Å². The zero-order chi connectivity index (χ0) is 22.4. The molecule has 0 aliphatic carbocycles. The Kier molecular flexibility index (Phi) is 7.33. The second kappa shape index (κ2) is 9.96. The van der Waals surface area contributed by atoms with Crippen LogP contribution in [0.1, 0.15) is 37.8 Å². The molecule has 0 bridgehead atoms. The third kappa shape index (κ3) is 5.64. The number of aliphatic imine (C=N–C) groups is 1. The molecule has 0 saturated carbocycles. The fraction of sp³-hybridized carbons (Fsp3) is 0.391. The minimum Gasteiger partial charge on any atom is -0.494 e. The molecule has 0 saturated heterocycles. The van der Waals surface area contributed by atoms with E-state index in [0.717, 1.165) is 17.7 Å². The molecule has 1 heterocycles. The number of benzene rings is 2. The number of ether oxygens (including phenoxy) is 1. The number of nitrogens with zero attached hydrogens (tertiary/aromatic N) is 1. The number of amides is 1. The van der Waals surface area contributed by atoms with Crippen molar-refractivity contribution in [2.24, 2.45) is 10.9 Å². The van der Waals surface area contributed by atoms with Crippen molar-refractivity contribution in [3.05, 3.63) is 59.7 Å². The SMILES string of the molecule is CC[C@H](C)[C@H](N=C1NS(=O)(=O)c2ccccc21)C(=O)NCCCOc1cccc(C)c1. The lowest BCUT2D eigenvalue weighted by Crippen LogP contribution is -2.39. The van der Waals surface area contributed by atoms with E-state index in [9.17, 15) is 13.2 Å². The summed E-state index contributed by atoms with van der Waals surface area (Å²) in [5.41, 5.74) is 1.63. The summed E-state index contributed by atoms with van der Waals surface area (Å²) in [4.78, 5) is 17.6. The Bertz CT molecular complexity index is 1070. The van der Waals surface area contributed by atoms with Gasteiger partial charge in [0.2, 0.25) is 5.91 Å². The number of hydrogen-bond acceptors (Lipinski definition) is 5. The summed E-state index contributed by atoms with van der Waals surface area (Å²) in [6, 6.07) is 13.8. The van der Waals surface area contributed by atoms with Crippen molar-refractivity contribution in [3.8, 4) is 5.75 Å². The van der Waals surface area contributed by atoms with Crippen molar-refractivity contribution in [1.29, 1.82) is 0 Å². The van der Waals surface area contributed by atoms with Crippen molar-refractivity contribution in [2.45, 2.75) is 44.6 Å². The lowest BCUT2D eigenvalue weighted by atomic mass is 9.98. The molecule has 2 atom stereocenters.